The molecule has 1 heterocycles. The number of ether oxygens (including phenoxy) is 1. The van der Waals surface area contributed by atoms with E-state index in [-0.39, 0.29) is 5.91 Å². The molecule has 0 aromatic heterocycles. The molecule has 2 rings (SSSR count). The molecule has 112 valence electrons. The average Bonchev–Trinajstić information content (AvgIpc) is 2.88. The second kappa shape index (κ2) is 6.10. The second-order valence-corrected chi connectivity index (χ2v) is 5.38. The average molecular weight is 289 g/mol. The summed E-state index contributed by atoms with van der Waals surface area (Å²) in [4.78, 5) is 22.9. The summed E-state index contributed by atoms with van der Waals surface area (Å²) in [5, 5.41) is 11.5. The van der Waals surface area contributed by atoms with E-state index in [4.69, 9.17) is 9.84 Å². The van der Waals surface area contributed by atoms with E-state index >= 15 is 0 Å². The lowest BCUT2D eigenvalue weighted by Gasteiger charge is -2.22. The zero-order valence-corrected chi connectivity index (χ0v) is 12.2. The molecule has 1 unspecified atom stereocenters. The highest BCUT2D eigenvalue weighted by atomic mass is 16.5. The van der Waals surface area contributed by atoms with Crippen molar-refractivity contribution in [2.45, 2.75) is 32.3 Å². The van der Waals surface area contributed by atoms with Gasteiger partial charge in [0.05, 0.1) is 0 Å². The van der Waals surface area contributed by atoms with E-state index in [1.54, 1.807) is 19.1 Å². The summed E-state index contributed by atoms with van der Waals surface area (Å²) in [7, 11) is 0. The quantitative estimate of drug-likeness (QED) is 0.835. The first-order valence-corrected chi connectivity index (χ1v) is 6.88. The Morgan fingerprint density at radius 3 is 2.81 bits per heavy atom. The van der Waals surface area contributed by atoms with Crippen molar-refractivity contribution >= 4 is 23.6 Å². The van der Waals surface area contributed by atoms with Gasteiger partial charge >= 0.3 is 5.97 Å². The van der Waals surface area contributed by atoms with Crippen LogP contribution in [0.1, 0.15) is 30.9 Å². The number of nitrogens with one attached hydrogen (secondary N) is 1. The third kappa shape index (κ3) is 3.70. The third-order valence-corrected chi connectivity index (χ3v) is 3.63. The third-order valence-electron chi connectivity index (χ3n) is 3.63. The number of carbonyl (C=O) groups excluding carboxylic acids is 1. The van der Waals surface area contributed by atoms with E-state index in [1.165, 1.54) is 6.08 Å². The highest BCUT2D eigenvalue weighted by Gasteiger charge is 2.37. The summed E-state index contributed by atoms with van der Waals surface area (Å²) < 4.78 is 5.52. The number of aryl methyl sites for hydroxylation is 1. The molecule has 0 spiro atoms. The second-order valence-electron chi connectivity index (χ2n) is 5.38. The van der Waals surface area contributed by atoms with Crippen LogP contribution < -0.4 is 5.32 Å². The van der Waals surface area contributed by atoms with Gasteiger partial charge < -0.3 is 15.2 Å². The first-order chi connectivity index (χ1) is 9.90. The first-order valence-electron chi connectivity index (χ1n) is 6.88. The number of hydrogen-bond acceptors (Lipinski definition) is 3. The number of amides is 1. The van der Waals surface area contributed by atoms with Crippen molar-refractivity contribution in [1.82, 2.24) is 0 Å². The van der Waals surface area contributed by atoms with E-state index in [0.717, 1.165) is 23.6 Å². The Morgan fingerprint density at radius 2 is 2.19 bits per heavy atom. The van der Waals surface area contributed by atoms with Gasteiger partial charge in [-0.2, -0.15) is 0 Å². The standard InChI is InChI=1S/C16H19NO4/c1-11-4-5-12(6-7-14(18)19)10-13(11)17-15(20)16(2)8-3-9-21-16/h4-7,10H,3,8-9H2,1-2H3,(H,17,20)(H,18,19)/b7-6+. The normalized spacial score (nSPS) is 21.6. The molecule has 0 saturated carbocycles. The Kier molecular flexibility index (Phi) is 4.43. The minimum absolute atomic E-state index is 0.164. The smallest absolute Gasteiger partial charge is 0.328 e. The predicted molar refractivity (Wildman–Crippen MR) is 80.1 cm³/mol. The van der Waals surface area contributed by atoms with Crippen LogP contribution in [-0.2, 0) is 14.3 Å². The van der Waals surface area contributed by atoms with Gasteiger partial charge in [-0.05, 0) is 50.0 Å². The maximum absolute atomic E-state index is 12.3. The molecule has 1 aromatic carbocycles. The Bertz CT molecular complexity index is 586. The Morgan fingerprint density at radius 1 is 1.43 bits per heavy atom. The number of carboxylic acids is 1. The number of hydrogen-bond donors (Lipinski definition) is 2. The SMILES string of the molecule is Cc1ccc(/C=C/C(=O)O)cc1NC(=O)C1(C)CCCO1. The van der Waals surface area contributed by atoms with Crippen LogP contribution in [0.3, 0.4) is 0 Å². The van der Waals surface area contributed by atoms with Crippen LogP contribution in [0.2, 0.25) is 0 Å². The predicted octanol–water partition coefficient (Wildman–Crippen LogP) is 2.60. The molecule has 1 aliphatic heterocycles. The number of aliphatic carboxylic acids is 1. The number of carboxylic acid groups (broad SMARTS) is 1. The minimum Gasteiger partial charge on any atom is -0.478 e. The van der Waals surface area contributed by atoms with Gasteiger partial charge in [-0.3, -0.25) is 4.79 Å². The Labute approximate surface area is 123 Å². The van der Waals surface area contributed by atoms with Crippen molar-refractivity contribution < 1.29 is 19.4 Å². The van der Waals surface area contributed by atoms with Crippen LogP contribution >= 0.6 is 0 Å². The van der Waals surface area contributed by atoms with Crippen LogP contribution in [0.25, 0.3) is 6.08 Å². The zero-order chi connectivity index (χ0) is 15.5. The molecule has 1 amide bonds. The number of carbonyl (C=O) groups is 2. The fourth-order valence-corrected chi connectivity index (χ4v) is 2.26. The molecule has 2 N–H and O–H groups in total. The van der Waals surface area contributed by atoms with E-state index in [1.807, 2.05) is 13.0 Å². The molecule has 5 heteroatoms. The molecule has 0 aliphatic carbocycles. The lowest BCUT2D eigenvalue weighted by atomic mass is 10.0. The van der Waals surface area contributed by atoms with Crippen LogP contribution in [0.15, 0.2) is 24.3 Å². The van der Waals surface area contributed by atoms with Crippen molar-refractivity contribution in [2.24, 2.45) is 0 Å². The number of anilines is 1. The highest BCUT2D eigenvalue weighted by Crippen LogP contribution is 2.27. The summed E-state index contributed by atoms with van der Waals surface area (Å²) in [6.07, 6.45) is 4.14. The van der Waals surface area contributed by atoms with Crippen molar-refractivity contribution in [3.63, 3.8) is 0 Å². The molecule has 0 bridgehead atoms. The summed E-state index contributed by atoms with van der Waals surface area (Å²) in [5.41, 5.74) is 1.52. The Balaban J connectivity index is 2.17. The van der Waals surface area contributed by atoms with Gasteiger partial charge in [0.15, 0.2) is 0 Å². The number of rotatable bonds is 4. The van der Waals surface area contributed by atoms with Gasteiger partial charge in [0.1, 0.15) is 5.60 Å². The molecule has 1 saturated heterocycles. The monoisotopic (exact) mass is 289 g/mol. The van der Waals surface area contributed by atoms with Crippen LogP contribution in [-0.4, -0.2) is 29.2 Å². The topological polar surface area (TPSA) is 75.6 Å². The zero-order valence-electron chi connectivity index (χ0n) is 12.2. The van der Waals surface area contributed by atoms with E-state index < -0.39 is 11.6 Å². The molecule has 0 radical (unpaired) electrons. The summed E-state index contributed by atoms with van der Waals surface area (Å²) in [6.45, 7) is 4.28. The van der Waals surface area contributed by atoms with Crippen LogP contribution in [0.4, 0.5) is 5.69 Å². The molecule has 1 aliphatic rings. The van der Waals surface area contributed by atoms with Crippen molar-refractivity contribution in [3.8, 4) is 0 Å². The van der Waals surface area contributed by atoms with Gasteiger partial charge in [0.2, 0.25) is 0 Å². The van der Waals surface area contributed by atoms with Gasteiger partial charge in [-0.1, -0.05) is 12.1 Å². The lowest BCUT2D eigenvalue weighted by Crippen LogP contribution is -2.39. The first kappa shape index (κ1) is 15.3. The molecular weight excluding hydrogens is 270 g/mol. The van der Waals surface area contributed by atoms with Gasteiger partial charge in [0, 0.05) is 18.4 Å². The summed E-state index contributed by atoms with van der Waals surface area (Å²) in [5.74, 6) is -1.17. The minimum atomic E-state index is -1.01. The molecular formula is C16H19NO4. The van der Waals surface area contributed by atoms with Gasteiger partial charge in [-0.25, -0.2) is 4.79 Å². The lowest BCUT2D eigenvalue weighted by molar-refractivity contribution is -0.133. The maximum Gasteiger partial charge on any atom is 0.328 e. The van der Waals surface area contributed by atoms with E-state index in [9.17, 15) is 9.59 Å². The van der Waals surface area contributed by atoms with Crippen LogP contribution in [0.5, 0.6) is 0 Å². The molecule has 1 fully saturated rings. The van der Waals surface area contributed by atoms with Gasteiger partial charge in [-0.15, -0.1) is 0 Å². The van der Waals surface area contributed by atoms with E-state index in [2.05, 4.69) is 5.32 Å². The molecule has 1 atom stereocenters. The number of benzene rings is 1. The largest absolute Gasteiger partial charge is 0.478 e. The summed E-state index contributed by atoms with van der Waals surface area (Å²) in [6, 6.07) is 5.40. The summed E-state index contributed by atoms with van der Waals surface area (Å²) >= 11 is 0. The van der Waals surface area contributed by atoms with Crippen molar-refractivity contribution in [3.05, 3.63) is 35.4 Å². The van der Waals surface area contributed by atoms with Gasteiger partial charge in [0.25, 0.3) is 5.91 Å². The Hall–Kier alpha value is -2.14. The fraction of sp³-hybridized carbons (Fsp3) is 0.375. The van der Waals surface area contributed by atoms with E-state index in [0.29, 0.717) is 18.7 Å². The molecule has 21 heavy (non-hydrogen) atoms. The maximum atomic E-state index is 12.3. The highest BCUT2D eigenvalue weighted by molar-refractivity contribution is 5.98. The molecule has 5 nitrogen and oxygen atoms in total. The van der Waals surface area contributed by atoms with Crippen molar-refractivity contribution in [1.29, 1.82) is 0 Å². The fourth-order valence-electron chi connectivity index (χ4n) is 2.26. The van der Waals surface area contributed by atoms with Crippen molar-refractivity contribution in [2.75, 3.05) is 11.9 Å². The molecule has 1 aromatic rings. The van der Waals surface area contributed by atoms with Crippen LogP contribution in [0, 0.1) is 6.92 Å².